The Morgan fingerprint density at radius 3 is 2.59 bits per heavy atom. The standard InChI is InChI=1S/C19H22BrN7O5/c1-4-25-10-14(16(23-25)19(29)21-7-11(2)3)22-18(28)15-6-5-12(32-15)8-26-9-13(20)17(24-26)27(30)31/h5-6,9-11H,4,7-8H2,1-3H3,(H,21,29)(H,22,28). The molecular formula is C19H22BrN7O5. The van der Waals surface area contributed by atoms with Crippen molar-refractivity contribution in [1.82, 2.24) is 24.9 Å². The number of halogens is 1. The molecule has 0 aliphatic rings. The van der Waals surface area contributed by atoms with Crippen molar-refractivity contribution in [2.24, 2.45) is 5.92 Å². The molecule has 12 nitrogen and oxygen atoms in total. The summed E-state index contributed by atoms with van der Waals surface area (Å²) in [6.07, 6.45) is 3.02. The fraction of sp³-hybridized carbons (Fsp3) is 0.368. The highest BCUT2D eigenvalue weighted by molar-refractivity contribution is 9.10. The molecule has 3 rings (SSSR count). The van der Waals surface area contributed by atoms with Crippen LogP contribution in [0.3, 0.4) is 0 Å². The topological polar surface area (TPSA) is 150 Å². The van der Waals surface area contributed by atoms with Crippen LogP contribution in [0.4, 0.5) is 11.5 Å². The van der Waals surface area contributed by atoms with Gasteiger partial charge in [0.05, 0.1) is 17.0 Å². The third-order valence-corrected chi connectivity index (χ3v) is 4.85. The number of rotatable bonds is 9. The predicted octanol–water partition coefficient (Wildman–Crippen LogP) is 3.05. The van der Waals surface area contributed by atoms with Gasteiger partial charge in [0.25, 0.3) is 11.8 Å². The number of aryl methyl sites for hydroxylation is 1. The van der Waals surface area contributed by atoms with Gasteiger partial charge in [-0.05, 0) is 45.8 Å². The van der Waals surface area contributed by atoms with Gasteiger partial charge in [0.2, 0.25) is 0 Å². The van der Waals surface area contributed by atoms with E-state index in [1.54, 1.807) is 16.9 Å². The average Bonchev–Trinajstić information content (AvgIpc) is 3.45. The third kappa shape index (κ3) is 5.41. The first-order valence-electron chi connectivity index (χ1n) is 9.81. The SMILES string of the molecule is CCn1cc(NC(=O)c2ccc(Cn3cc(Br)c([N+](=O)[O-])n3)o2)c(C(=O)NCC(C)C)n1. The lowest BCUT2D eigenvalue weighted by Crippen LogP contribution is -2.28. The summed E-state index contributed by atoms with van der Waals surface area (Å²) in [4.78, 5) is 35.5. The monoisotopic (exact) mass is 507 g/mol. The van der Waals surface area contributed by atoms with Crippen molar-refractivity contribution < 1.29 is 18.9 Å². The molecule has 0 aromatic carbocycles. The molecule has 3 aromatic rings. The van der Waals surface area contributed by atoms with E-state index in [9.17, 15) is 19.7 Å². The highest BCUT2D eigenvalue weighted by Crippen LogP contribution is 2.23. The van der Waals surface area contributed by atoms with Gasteiger partial charge in [-0.1, -0.05) is 13.8 Å². The van der Waals surface area contributed by atoms with Crippen molar-refractivity contribution in [2.75, 3.05) is 11.9 Å². The second kappa shape index (κ2) is 9.77. The van der Waals surface area contributed by atoms with Crippen LogP contribution >= 0.6 is 15.9 Å². The lowest BCUT2D eigenvalue weighted by molar-refractivity contribution is -0.390. The van der Waals surface area contributed by atoms with E-state index in [1.807, 2.05) is 20.8 Å². The summed E-state index contributed by atoms with van der Waals surface area (Å²) in [6.45, 7) is 6.91. The fourth-order valence-electron chi connectivity index (χ4n) is 2.74. The molecule has 0 bridgehead atoms. The number of carbonyl (C=O) groups excluding carboxylic acids is 2. The molecule has 3 heterocycles. The number of hydrogen-bond acceptors (Lipinski definition) is 7. The Kier molecular flexibility index (Phi) is 7.08. The molecule has 170 valence electrons. The van der Waals surface area contributed by atoms with Gasteiger partial charge in [-0.15, -0.1) is 0 Å². The largest absolute Gasteiger partial charge is 0.454 e. The fourth-order valence-corrected chi connectivity index (χ4v) is 3.20. The second-order valence-corrected chi connectivity index (χ2v) is 8.18. The molecule has 2 amide bonds. The molecular weight excluding hydrogens is 486 g/mol. The Hall–Kier alpha value is -3.48. The molecule has 0 spiro atoms. The van der Waals surface area contributed by atoms with Crippen molar-refractivity contribution in [3.63, 3.8) is 0 Å². The number of aromatic nitrogens is 4. The maximum absolute atomic E-state index is 12.7. The van der Waals surface area contributed by atoms with Gasteiger partial charge < -0.3 is 25.2 Å². The van der Waals surface area contributed by atoms with Crippen LogP contribution in [0, 0.1) is 16.0 Å². The number of furan rings is 1. The zero-order valence-corrected chi connectivity index (χ0v) is 19.2. The number of hydrogen-bond donors (Lipinski definition) is 2. The first kappa shape index (κ1) is 23.2. The molecule has 0 radical (unpaired) electrons. The van der Waals surface area contributed by atoms with E-state index in [0.29, 0.717) is 18.8 Å². The summed E-state index contributed by atoms with van der Waals surface area (Å²) < 4.78 is 8.67. The minimum atomic E-state index is -0.604. The van der Waals surface area contributed by atoms with Gasteiger partial charge >= 0.3 is 5.82 Å². The number of nitrogens with one attached hydrogen (secondary N) is 2. The lowest BCUT2D eigenvalue weighted by Gasteiger charge is -2.07. The van der Waals surface area contributed by atoms with Crippen LogP contribution in [-0.4, -0.2) is 42.8 Å². The highest BCUT2D eigenvalue weighted by atomic mass is 79.9. The van der Waals surface area contributed by atoms with Crippen molar-refractivity contribution >= 4 is 39.2 Å². The average molecular weight is 508 g/mol. The summed E-state index contributed by atoms with van der Waals surface area (Å²) in [5.41, 5.74) is 0.379. The van der Waals surface area contributed by atoms with Crippen LogP contribution in [0.25, 0.3) is 0 Å². The van der Waals surface area contributed by atoms with Crippen molar-refractivity contribution in [3.05, 3.63) is 56.3 Å². The molecule has 0 saturated heterocycles. The summed E-state index contributed by atoms with van der Waals surface area (Å²) in [6, 6.07) is 3.04. The Labute approximate surface area is 191 Å². The normalized spacial score (nSPS) is 11.0. The molecule has 3 aromatic heterocycles. The van der Waals surface area contributed by atoms with Gasteiger partial charge in [0.1, 0.15) is 16.8 Å². The number of carbonyl (C=O) groups is 2. The lowest BCUT2D eigenvalue weighted by atomic mass is 10.2. The van der Waals surface area contributed by atoms with Crippen LogP contribution in [0.15, 0.2) is 33.4 Å². The van der Waals surface area contributed by atoms with E-state index in [-0.39, 0.29) is 45.8 Å². The Bertz CT molecular complexity index is 1150. The van der Waals surface area contributed by atoms with E-state index >= 15 is 0 Å². The molecule has 0 atom stereocenters. The summed E-state index contributed by atoms with van der Waals surface area (Å²) in [7, 11) is 0. The van der Waals surface area contributed by atoms with Crippen LogP contribution in [-0.2, 0) is 13.1 Å². The maximum atomic E-state index is 12.7. The van der Waals surface area contributed by atoms with Crippen molar-refractivity contribution in [1.29, 1.82) is 0 Å². The Morgan fingerprint density at radius 2 is 1.97 bits per heavy atom. The first-order valence-corrected chi connectivity index (χ1v) is 10.6. The smallest absolute Gasteiger partial charge is 0.404 e. The summed E-state index contributed by atoms with van der Waals surface area (Å²) in [5, 5.41) is 24.4. The number of nitrogens with zero attached hydrogens (tertiary/aromatic N) is 5. The van der Waals surface area contributed by atoms with E-state index < -0.39 is 10.8 Å². The Balaban J connectivity index is 1.72. The number of nitro groups is 1. The van der Waals surface area contributed by atoms with Crippen LogP contribution in [0.5, 0.6) is 0 Å². The second-order valence-electron chi connectivity index (χ2n) is 7.33. The van der Waals surface area contributed by atoms with E-state index in [2.05, 4.69) is 36.8 Å². The van der Waals surface area contributed by atoms with Gasteiger partial charge in [0, 0.05) is 19.3 Å². The van der Waals surface area contributed by atoms with Crippen molar-refractivity contribution in [2.45, 2.75) is 33.9 Å². The minimum absolute atomic E-state index is 0.0125. The van der Waals surface area contributed by atoms with E-state index in [1.165, 1.54) is 16.9 Å². The van der Waals surface area contributed by atoms with Gasteiger partial charge in [-0.25, -0.2) is 0 Å². The van der Waals surface area contributed by atoms with Crippen LogP contribution < -0.4 is 10.6 Å². The van der Waals surface area contributed by atoms with E-state index in [4.69, 9.17) is 4.42 Å². The first-order chi connectivity index (χ1) is 15.2. The Morgan fingerprint density at radius 1 is 1.22 bits per heavy atom. The number of amides is 2. The van der Waals surface area contributed by atoms with Gasteiger partial charge in [0.15, 0.2) is 11.5 Å². The summed E-state index contributed by atoms with van der Waals surface area (Å²) >= 11 is 3.08. The molecule has 0 saturated carbocycles. The molecule has 0 aliphatic carbocycles. The molecule has 0 aliphatic heterocycles. The predicted molar refractivity (Wildman–Crippen MR) is 117 cm³/mol. The zero-order chi connectivity index (χ0) is 23.4. The van der Waals surface area contributed by atoms with Gasteiger partial charge in [-0.2, -0.15) is 9.78 Å². The molecule has 32 heavy (non-hydrogen) atoms. The molecule has 0 unspecified atom stereocenters. The van der Waals surface area contributed by atoms with Crippen LogP contribution in [0.2, 0.25) is 0 Å². The molecule has 0 fully saturated rings. The maximum Gasteiger partial charge on any atom is 0.404 e. The molecule has 2 N–H and O–H groups in total. The highest BCUT2D eigenvalue weighted by Gasteiger charge is 2.22. The zero-order valence-electron chi connectivity index (χ0n) is 17.7. The minimum Gasteiger partial charge on any atom is -0.454 e. The van der Waals surface area contributed by atoms with Crippen molar-refractivity contribution in [3.8, 4) is 0 Å². The van der Waals surface area contributed by atoms with E-state index in [0.717, 1.165) is 0 Å². The van der Waals surface area contributed by atoms with Crippen LogP contribution in [0.1, 0.15) is 47.6 Å². The third-order valence-electron chi connectivity index (χ3n) is 4.30. The number of anilines is 1. The molecule has 13 heteroatoms. The van der Waals surface area contributed by atoms with Gasteiger partial charge in [-0.3, -0.25) is 14.3 Å². The quantitative estimate of drug-likeness (QED) is 0.333. The summed E-state index contributed by atoms with van der Waals surface area (Å²) in [5.74, 6) is -0.600.